The molecule has 7 nitrogen and oxygen atoms in total. The van der Waals surface area contributed by atoms with Gasteiger partial charge in [-0.15, -0.1) is 0 Å². The van der Waals surface area contributed by atoms with Gasteiger partial charge in [0.25, 0.3) is 5.91 Å². The number of rotatable bonds is 5. The molecule has 5 atom stereocenters. The van der Waals surface area contributed by atoms with E-state index in [9.17, 15) is 19.2 Å². The van der Waals surface area contributed by atoms with E-state index in [2.05, 4.69) is 5.32 Å². The van der Waals surface area contributed by atoms with E-state index in [1.807, 2.05) is 0 Å². The highest BCUT2D eigenvalue weighted by molar-refractivity contribution is 6.31. The minimum absolute atomic E-state index is 0.251. The first-order chi connectivity index (χ1) is 13.8. The second-order valence-electron chi connectivity index (χ2n) is 8.18. The lowest BCUT2D eigenvalue weighted by molar-refractivity contribution is -0.159. The summed E-state index contributed by atoms with van der Waals surface area (Å²) in [5.41, 5.74) is 1.23. The summed E-state index contributed by atoms with van der Waals surface area (Å²) in [5.74, 6) is -1.90. The SMILES string of the molecule is Cc1c(Cl)cccc1NC(=O)COC(=O)[C@H](C)N1C(=O)[C@H]2[C@H]3CC[C@@H](C3)[C@@H]2C1=O. The lowest BCUT2D eigenvalue weighted by atomic mass is 9.81. The quantitative estimate of drug-likeness (QED) is 0.586. The van der Waals surface area contributed by atoms with Gasteiger partial charge in [0.1, 0.15) is 6.04 Å². The summed E-state index contributed by atoms with van der Waals surface area (Å²) < 4.78 is 5.08. The van der Waals surface area contributed by atoms with E-state index in [0.717, 1.165) is 24.2 Å². The van der Waals surface area contributed by atoms with Gasteiger partial charge in [0.05, 0.1) is 11.8 Å². The fraction of sp³-hybridized carbons (Fsp3) is 0.524. The van der Waals surface area contributed by atoms with Crippen molar-refractivity contribution in [2.75, 3.05) is 11.9 Å². The molecule has 3 amide bonds. The molecule has 29 heavy (non-hydrogen) atoms. The summed E-state index contributed by atoms with van der Waals surface area (Å²) in [5, 5.41) is 3.15. The number of amides is 3. The smallest absolute Gasteiger partial charge is 0.329 e. The first-order valence-corrected chi connectivity index (χ1v) is 10.3. The summed E-state index contributed by atoms with van der Waals surface area (Å²) in [6.07, 6.45) is 2.88. The topological polar surface area (TPSA) is 92.8 Å². The zero-order valence-corrected chi connectivity index (χ0v) is 17.1. The third-order valence-electron chi connectivity index (χ3n) is 6.58. The molecule has 0 aromatic heterocycles. The molecular formula is C21H23ClN2O5. The van der Waals surface area contributed by atoms with Crippen molar-refractivity contribution in [2.45, 2.75) is 39.2 Å². The number of halogens is 1. The fourth-order valence-electron chi connectivity index (χ4n) is 5.11. The predicted octanol–water partition coefficient (Wildman–Crippen LogP) is 2.55. The summed E-state index contributed by atoms with van der Waals surface area (Å²) in [6.45, 7) is 2.73. The number of hydrogen-bond donors (Lipinski definition) is 1. The molecule has 1 N–H and O–H groups in total. The normalized spacial score (nSPS) is 28.4. The zero-order valence-electron chi connectivity index (χ0n) is 16.3. The molecule has 2 saturated carbocycles. The van der Waals surface area contributed by atoms with Crippen molar-refractivity contribution in [1.29, 1.82) is 0 Å². The van der Waals surface area contributed by atoms with E-state index in [4.69, 9.17) is 16.3 Å². The molecule has 0 unspecified atom stereocenters. The number of ether oxygens (including phenoxy) is 1. The van der Waals surface area contributed by atoms with Crippen LogP contribution in [0.4, 0.5) is 5.69 Å². The molecule has 4 rings (SSSR count). The average molecular weight is 419 g/mol. The van der Waals surface area contributed by atoms with Crippen LogP contribution in [0.15, 0.2) is 18.2 Å². The number of nitrogens with one attached hydrogen (secondary N) is 1. The van der Waals surface area contributed by atoms with Crippen LogP contribution in [-0.4, -0.2) is 41.2 Å². The number of carbonyl (C=O) groups excluding carboxylic acids is 4. The van der Waals surface area contributed by atoms with Gasteiger partial charge in [-0.3, -0.25) is 19.3 Å². The van der Waals surface area contributed by atoms with Crippen LogP contribution >= 0.6 is 11.6 Å². The number of benzene rings is 1. The van der Waals surface area contributed by atoms with Crippen LogP contribution in [-0.2, 0) is 23.9 Å². The summed E-state index contributed by atoms with van der Waals surface area (Å²) in [6, 6.07) is 4.06. The Hall–Kier alpha value is -2.41. The highest BCUT2D eigenvalue weighted by atomic mass is 35.5. The van der Waals surface area contributed by atoms with Gasteiger partial charge < -0.3 is 10.1 Å². The van der Waals surface area contributed by atoms with Crippen molar-refractivity contribution in [2.24, 2.45) is 23.7 Å². The maximum absolute atomic E-state index is 12.8. The first-order valence-electron chi connectivity index (χ1n) is 9.88. The Bertz CT molecular complexity index is 873. The third-order valence-corrected chi connectivity index (χ3v) is 6.99. The minimum atomic E-state index is -1.04. The molecule has 8 heteroatoms. The van der Waals surface area contributed by atoms with E-state index in [0.29, 0.717) is 16.3 Å². The Morgan fingerprint density at radius 3 is 2.45 bits per heavy atom. The van der Waals surface area contributed by atoms with Crippen LogP contribution in [0.3, 0.4) is 0 Å². The highest BCUT2D eigenvalue weighted by Crippen LogP contribution is 2.56. The number of imide groups is 1. The van der Waals surface area contributed by atoms with E-state index in [1.54, 1.807) is 25.1 Å². The van der Waals surface area contributed by atoms with Crippen LogP contribution in [0.1, 0.15) is 31.7 Å². The van der Waals surface area contributed by atoms with Crippen LogP contribution in [0.2, 0.25) is 5.02 Å². The highest BCUT2D eigenvalue weighted by Gasteiger charge is 2.62. The van der Waals surface area contributed by atoms with Crippen LogP contribution < -0.4 is 5.32 Å². The number of carbonyl (C=O) groups is 4. The molecule has 2 aliphatic carbocycles. The van der Waals surface area contributed by atoms with Crippen molar-refractivity contribution in [1.82, 2.24) is 4.90 Å². The Morgan fingerprint density at radius 1 is 1.21 bits per heavy atom. The number of esters is 1. The number of anilines is 1. The van der Waals surface area contributed by atoms with Crippen molar-refractivity contribution in [3.8, 4) is 0 Å². The monoisotopic (exact) mass is 418 g/mol. The van der Waals surface area contributed by atoms with Gasteiger partial charge in [0.2, 0.25) is 11.8 Å². The number of likely N-dealkylation sites (tertiary alicyclic amines) is 1. The maximum Gasteiger partial charge on any atom is 0.329 e. The predicted molar refractivity (Wildman–Crippen MR) is 105 cm³/mol. The number of nitrogens with zero attached hydrogens (tertiary/aromatic N) is 1. The molecule has 1 aromatic rings. The molecule has 0 spiro atoms. The molecule has 2 bridgehead atoms. The van der Waals surface area contributed by atoms with Crippen LogP contribution in [0.25, 0.3) is 0 Å². The van der Waals surface area contributed by atoms with Crippen molar-refractivity contribution in [3.05, 3.63) is 28.8 Å². The average Bonchev–Trinajstić information content (AvgIpc) is 3.37. The molecule has 3 aliphatic rings. The van der Waals surface area contributed by atoms with Crippen molar-refractivity contribution < 1.29 is 23.9 Å². The molecule has 1 aliphatic heterocycles. The summed E-state index contributed by atoms with van der Waals surface area (Å²) in [4.78, 5) is 51.2. The molecule has 1 aromatic carbocycles. The summed E-state index contributed by atoms with van der Waals surface area (Å²) in [7, 11) is 0. The van der Waals surface area contributed by atoms with Crippen LogP contribution in [0.5, 0.6) is 0 Å². The first kappa shape index (κ1) is 19.9. The van der Waals surface area contributed by atoms with Gasteiger partial charge in [0, 0.05) is 10.7 Å². The van der Waals surface area contributed by atoms with Gasteiger partial charge in [0.15, 0.2) is 6.61 Å². The van der Waals surface area contributed by atoms with E-state index in [1.165, 1.54) is 6.92 Å². The minimum Gasteiger partial charge on any atom is -0.454 e. The molecule has 3 fully saturated rings. The van der Waals surface area contributed by atoms with E-state index < -0.39 is 24.5 Å². The Kier molecular flexibility index (Phi) is 5.11. The Labute approximate surface area is 173 Å². The van der Waals surface area contributed by atoms with E-state index in [-0.39, 0.29) is 35.5 Å². The molecule has 1 heterocycles. The van der Waals surface area contributed by atoms with Gasteiger partial charge in [-0.05, 0) is 62.6 Å². The molecule has 1 saturated heterocycles. The largest absolute Gasteiger partial charge is 0.454 e. The second-order valence-corrected chi connectivity index (χ2v) is 8.58. The Balaban J connectivity index is 1.35. The fourth-order valence-corrected chi connectivity index (χ4v) is 5.28. The van der Waals surface area contributed by atoms with Crippen molar-refractivity contribution in [3.63, 3.8) is 0 Å². The number of hydrogen-bond acceptors (Lipinski definition) is 5. The lowest BCUT2D eigenvalue weighted by Crippen LogP contribution is -2.45. The molecule has 0 radical (unpaired) electrons. The summed E-state index contributed by atoms with van der Waals surface area (Å²) >= 11 is 6.03. The standard InChI is InChI=1S/C21H23ClN2O5/c1-10-14(22)4-3-5-15(10)23-16(25)9-29-21(28)11(2)24-19(26)17-12-6-7-13(8-12)18(17)20(24)27/h3-5,11-13,17-18H,6-9H2,1-2H3,(H,23,25)/t11-,12-,13-,17-,18-/m0/s1. The van der Waals surface area contributed by atoms with Gasteiger partial charge >= 0.3 is 5.97 Å². The van der Waals surface area contributed by atoms with Gasteiger partial charge in [-0.1, -0.05) is 17.7 Å². The second kappa shape index (κ2) is 7.44. The molecule has 154 valence electrons. The Morgan fingerprint density at radius 2 is 1.83 bits per heavy atom. The lowest BCUT2D eigenvalue weighted by Gasteiger charge is -2.23. The maximum atomic E-state index is 12.8. The van der Waals surface area contributed by atoms with Crippen molar-refractivity contribution >= 4 is 41.0 Å². The van der Waals surface area contributed by atoms with E-state index >= 15 is 0 Å². The van der Waals surface area contributed by atoms with Crippen LogP contribution in [0, 0.1) is 30.6 Å². The zero-order chi connectivity index (χ0) is 20.9. The molecular weight excluding hydrogens is 396 g/mol. The van der Waals surface area contributed by atoms with Gasteiger partial charge in [-0.2, -0.15) is 0 Å². The third kappa shape index (κ3) is 3.31. The van der Waals surface area contributed by atoms with Gasteiger partial charge in [-0.25, -0.2) is 4.79 Å². The number of fused-ring (bicyclic) bond motifs is 5.